The first-order chi connectivity index (χ1) is 4.88. The van der Waals surface area contributed by atoms with Gasteiger partial charge in [-0.3, -0.25) is 0 Å². The second kappa shape index (κ2) is 2.38. The predicted octanol–water partition coefficient (Wildman–Crippen LogP) is 2.23. The number of fused-ring (bicyclic) bond motifs is 1. The van der Waals surface area contributed by atoms with Gasteiger partial charge in [-0.15, -0.1) is 0 Å². The molecular weight excluding hydrogens is 239 g/mol. The van der Waals surface area contributed by atoms with Gasteiger partial charge in [-0.1, -0.05) is 28.7 Å². The summed E-state index contributed by atoms with van der Waals surface area (Å²) in [5.74, 6) is 0. The molecule has 1 aromatic heterocycles. The zero-order chi connectivity index (χ0) is 6.97. The summed E-state index contributed by atoms with van der Waals surface area (Å²) in [4.78, 5) is 0. The van der Waals surface area contributed by atoms with Crippen molar-refractivity contribution in [3.05, 3.63) is 24.0 Å². The van der Waals surface area contributed by atoms with E-state index in [2.05, 4.69) is 39.8 Å². The normalized spacial score (nSPS) is 22.7. The maximum atomic E-state index is 4.13. The van der Waals surface area contributed by atoms with E-state index < -0.39 is 0 Å². The van der Waals surface area contributed by atoms with Crippen LogP contribution in [0.1, 0.15) is 16.0 Å². The number of halogens is 1. The fourth-order valence-corrected chi connectivity index (χ4v) is 1.88. The Morgan fingerprint density at radius 1 is 1.70 bits per heavy atom. The van der Waals surface area contributed by atoms with Crippen molar-refractivity contribution in [2.24, 2.45) is 0 Å². The Hall–Kier alpha value is -0.320. The molecule has 1 aliphatic heterocycles. The van der Waals surface area contributed by atoms with Crippen LogP contribution in [0.5, 0.6) is 0 Å². The molecular formula is C7H7IN2. The summed E-state index contributed by atoms with van der Waals surface area (Å²) < 4.78 is 2.53. The van der Waals surface area contributed by atoms with E-state index in [1.54, 1.807) is 0 Å². The molecule has 1 atom stereocenters. The summed E-state index contributed by atoms with van der Waals surface area (Å²) in [7, 11) is 0. The third-order valence-corrected chi connectivity index (χ3v) is 2.76. The van der Waals surface area contributed by atoms with E-state index in [9.17, 15) is 0 Å². The van der Waals surface area contributed by atoms with E-state index >= 15 is 0 Å². The minimum Gasteiger partial charge on any atom is -0.244 e. The van der Waals surface area contributed by atoms with Crippen molar-refractivity contribution in [3.63, 3.8) is 0 Å². The second-order valence-electron chi connectivity index (χ2n) is 2.29. The Morgan fingerprint density at radius 2 is 2.60 bits per heavy atom. The molecule has 0 bridgehead atoms. The fourth-order valence-electron chi connectivity index (χ4n) is 1.10. The van der Waals surface area contributed by atoms with Crippen LogP contribution >= 0.6 is 22.6 Å². The average molecular weight is 246 g/mol. The first-order valence-electron chi connectivity index (χ1n) is 3.22. The summed E-state index contributed by atoms with van der Waals surface area (Å²) >= 11 is 2.43. The minimum absolute atomic E-state index is 0.602. The van der Waals surface area contributed by atoms with Crippen LogP contribution in [-0.4, -0.2) is 9.78 Å². The number of nitrogens with zero attached hydrogens (tertiary/aromatic N) is 2. The minimum atomic E-state index is 0.602. The molecule has 0 aromatic carbocycles. The van der Waals surface area contributed by atoms with Gasteiger partial charge in [0.2, 0.25) is 0 Å². The molecule has 1 unspecified atom stereocenters. The van der Waals surface area contributed by atoms with Gasteiger partial charge in [0.05, 0.1) is 9.62 Å². The Labute approximate surface area is 73.1 Å². The number of rotatable bonds is 0. The number of alkyl halides is 1. The number of hydrogen-bond donors (Lipinski definition) is 0. The topological polar surface area (TPSA) is 17.8 Å². The Kier molecular flexibility index (Phi) is 1.52. The highest BCUT2D eigenvalue weighted by Crippen LogP contribution is 2.29. The Balaban J connectivity index is 2.52. The molecule has 2 heterocycles. The van der Waals surface area contributed by atoms with E-state index in [0.717, 1.165) is 6.42 Å². The van der Waals surface area contributed by atoms with Crippen molar-refractivity contribution in [2.75, 3.05) is 0 Å². The summed E-state index contributed by atoms with van der Waals surface area (Å²) in [6, 6.07) is 2.07. The van der Waals surface area contributed by atoms with Crippen molar-refractivity contribution < 1.29 is 0 Å². The van der Waals surface area contributed by atoms with Crippen LogP contribution in [0.15, 0.2) is 18.3 Å². The maximum Gasteiger partial charge on any atom is 0.0568 e. The molecule has 52 valence electrons. The lowest BCUT2D eigenvalue weighted by Gasteiger charge is -2.12. The van der Waals surface area contributed by atoms with Crippen LogP contribution in [0.4, 0.5) is 0 Å². The molecule has 10 heavy (non-hydrogen) atoms. The molecule has 2 rings (SSSR count). The van der Waals surface area contributed by atoms with Crippen molar-refractivity contribution in [3.8, 4) is 0 Å². The zero-order valence-corrected chi connectivity index (χ0v) is 7.52. The van der Waals surface area contributed by atoms with Crippen LogP contribution in [0.2, 0.25) is 0 Å². The molecule has 0 amide bonds. The second-order valence-corrected chi connectivity index (χ2v) is 3.79. The van der Waals surface area contributed by atoms with Gasteiger partial charge in [0, 0.05) is 12.4 Å². The number of aromatic nitrogens is 2. The van der Waals surface area contributed by atoms with Crippen molar-refractivity contribution >= 4 is 28.8 Å². The summed E-state index contributed by atoms with van der Waals surface area (Å²) in [6.07, 6.45) is 7.14. The van der Waals surface area contributed by atoms with E-state index in [1.165, 1.54) is 5.69 Å². The van der Waals surface area contributed by atoms with Gasteiger partial charge in [-0.2, -0.15) is 5.10 Å². The summed E-state index contributed by atoms with van der Waals surface area (Å²) in [6.45, 7) is 0. The average Bonchev–Trinajstić information content (AvgIpc) is 2.36. The Morgan fingerprint density at radius 3 is 3.40 bits per heavy atom. The quantitative estimate of drug-likeness (QED) is 0.507. The molecule has 0 aliphatic carbocycles. The molecule has 1 aliphatic rings. The zero-order valence-electron chi connectivity index (χ0n) is 5.37. The number of allylic oxidation sites excluding steroid dienone is 1. The molecule has 0 spiro atoms. The lowest BCUT2D eigenvalue weighted by atomic mass is 10.2. The molecule has 0 radical (unpaired) electrons. The van der Waals surface area contributed by atoms with Gasteiger partial charge >= 0.3 is 0 Å². The van der Waals surface area contributed by atoms with Crippen molar-refractivity contribution in [1.29, 1.82) is 0 Å². The van der Waals surface area contributed by atoms with Crippen molar-refractivity contribution in [1.82, 2.24) is 9.78 Å². The monoisotopic (exact) mass is 246 g/mol. The lowest BCUT2D eigenvalue weighted by Crippen LogP contribution is -2.02. The highest BCUT2D eigenvalue weighted by Gasteiger charge is 2.12. The van der Waals surface area contributed by atoms with Crippen LogP contribution in [0.3, 0.4) is 0 Å². The van der Waals surface area contributed by atoms with E-state index in [0.29, 0.717) is 3.92 Å². The lowest BCUT2D eigenvalue weighted by molar-refractivity contribution is 0.803. The van der Waals surface area contributed by atoms with E-state index in [-0.39, 0.29) is 0 Å². The van der Waals surface area contributed by atoms with Gasteiger partial charge in [0.1, 0.15) is 0 Å². The smallest absolute Gasteiger partial charge is 0.0568 e. The first-order valence-corrected chi connectivity index (χ1v) is 4.46. The summed E-state index contributed by atoms with van der Waals surface area (Å²) in [5.41, 5.74) is 1.31. The van der Waals surface area contributed by atoms with Crippen LogP contribution in [-0.2, 0) is 0 Å². The van der Waals surface area contributed by atoms with Crippen molar-refractivity contribution in [2.45, 2.75) is 10.3 Å². The maximum absolute atomic E-state index is 4.13. The van der Waals surface area contributed by atoms with Gasteiger partial charge in [0.25, 0.3) is 0 Å². The van der Waals surface area contributed by atoms with Gasteiger partial charge in [-0.25, -0.2) is 4.68 Å². The molecule has 2 nitrogen and oxygen atoms in total. The van der Waals surface area contributed by atoms with Gasteiger partial charge < -0.3 is 0 Å². The number of hydrogen-bond acceptors (Lipinski definition) is 1. The predicted molar refractivity (Wildman–Crippen MR) is 48.9 cm³/mol. The molecule has 0 fully saturated rings. The van der Waals surface area contributed by atoms with Crippen LogP contribution in [0, 0.1) is 0 Å². The standard InChI is InChI=1S/C7H7IN2/c8-6-2-1-5-10-7(6)3-4-9-10/h1,3-6H,2H2. The SMILES string of the molecule is IC1CC=Cn2nccc21. The van der Waals surface area contributed by atoms with E-state index in [1.807, 2.05) is 17.1 Å². The largest absolute Gasteiger partial charge is 0.244 e. The van der Waals surface area contributed by atoms with Gasteiger partial charge in [0.15, 0.2) is 0 Å². The van der Waals surface area contributed by atoms with E-state index in [4.69, 9.17) is 0 Å². The molecule has 3 heteroatoms. The molecule has 0 N–H and O–H groups in total. The first kappa shape index (κ1) is 6.39. The van der Waals surface area contributed by atoms with Crippen LogP contribution in [0.25, 0.3) is 6.20 Å². The molecule has 0 saturated heterocycles. The van der Waals surface area contributed by atoms with Crippen LogP contribution < -0.4 is 0 Å². The third kappa shape index (κ3) is 0.885. The Bertz CT molecular complexity index is 264. The third-order valence-electron chi connectivity index (χ3n) is 1.61. The fraction of sp³-hybridized carbons (Fsp3) is 0.286. The highest BCUT2D eigenvalue weighted by molar-refractivity contribution is 14.1. The van der Waals surface area contributed by atoms with Gasteiger partial charge in [-0.05, 0) is 12.5 Å². The highest BCUT2D eigenvalue weighted by atomic mass is 127. The molecule has 1 aromatic rings. The molecule has 0 saturated carbocycles. The summed E-state index contributed by atoms with van der Waals surface area (Å²) in [5, 5.41) is 4.13.